The van der Waals surface area contributed by atoms with Crippen LogP contribution in [0.25, 0.3) is 0 Å². The van der Waals surface area contributed by atoms with E-state index in [-0.39, 0.29) is 16.4 Å². The van der Waals surface area contributed by atoms with E-state index < -0.39 is 10.0 Å². The minimum atomic E-state index is -3.94. The Morgan fingerprint density at radius 2 is 1.68 bits per heavy atom. The van der Waals surface area contributed by atoms with E-state index in [0.717, 1.165) is 22.6 Å². The monoisotopic (exact) mass is 496 g/mol. The quantitative estimate of drug-likeness (QED) is 0.466. The molecule has 1 aliphatic rings. The summed E-state index contributed by atoms with van der Waals surface area (Å²) in [6.07, 6.45) is 1.87. The van der Waals surface area contributed by atoms with Gasteiger partial charge in [-0.3, -0.25) is 9.52 Å². The Bertz CT molecular complexity index is 1250. The number of methoxy groups -OCH3 is 1. The van der Waals surface area contributed by atoms with E-state index in [0.29, 0.717) is 30.4 Å². The third-order valence-corrected chi connectivity index (χ3v) is 8.33. The van der Waals surface area contributed by atoms with E-state index in [1.54, 1.807) is 23.1 Å². The Labute approximate surface area is 205 Å². The summed E-state index contributed by atoms with van der Waals surface area (Å²) < 4.78 is 34.7. The fourth-order valence-electron chi connectivity index (χ4n) is 3.86. The predicted molar refractivity (Wildman–Crippen MR) is 135 cm³/mol. The molecular weight excluding hydrogens is 468 g/mol. The number of ether oxygens (including phenoxy) is 1. The van der Waals surface area contributed by atoms with Gasteiger partial charge in [-0.25, -0.2) is 8.42 Å². The Morgan fingerprint density at radius 3 is 2.38 bits per heavy atom. The number of likely N-dealkylation sites (tertiary alicyclic amines) is 1. The molecule has 1 N–H and O–H groups in total. The van der Waals surface area contributed by atoms with Gasteiger partial charge in [0.1, 0.15) is 5.75 Å². The average Bonchev–Trinajstić information content (AvgIpc) is 2.85. The molecule has 0 aliphatic carbocycles. The number of amides is 1. The molecule has 1 aliphatic heterocycles. The summed E-state index contributed by atoms with van der Waals surface area (Å²) in [6, 6.07) is 21.4. The Morgan fingerprint density at radius 1 is 1.00 bits per heavy atom. The number of nitrogens with zero attached hydrogens (tertiary/aromatic N) is 1. The minimum absolute atomic E-state index is 0.0153. The van der Waals surface area contributed by atoms with Gasteiger partial charge >= 0.3 is 0 Å². The summed E-state index contributed by atoms with van der Waals surface area (Å²) in [5, 5.41) is 0. The van der Waals surface area contributed by atoms with E-state index in [1.807, 2.05) is 42.5 Å². The van der Waals surface area contributed by atoms with Crippen molar-refractivity contribution in [2.75, 3.05) is 24.9 Å². The van der Waals surface area contributed by atoms with Crippen LogP contribution in [0, 0.1) is 5.92 Å². The molecule has 0 bridgehead atoms. The van der Waals surface area contributed by atoms with E-state index in [1.165, 1.54) is 31.0 Å². The van der Waals surface area contributed by atoms with Crippen LogP contribution >= 0.6 is 11.8 Å². The number of carbonyl (C=O) groups excluding carboxylic acids is 1. The van der Waals surface area contributed by atoms with Gasteiger partial charge in [0.25, 0.3) is 15.9 Å². The van der Waals surface area contributed by atoms with Crippen molar-refractivity contribution in [3.8, 4) is 5.75 Å². The number of carbonyl (C=O) groups is 1. The van der Waals surface area contributed by atoms with Gasteiger partial charge in [0.05, 0.1) is 23.3 Å². The molecule has 3 aromatic rings. The summed E-state index contributed by atoms with van der Waals surface area (Å²) >= 11 is 1.48. The first-order chi connectivity index (χ1) is 16.4. The van der Waals surface area contributed by atoms with Crippen LogP contribution in [0.1, 0.15) is 30.1 Å². The molecule has 4 rings (SSSR count). The predicted octanol–water partition coefficient (Wildman–Crippen LogP) is 5.52. The SMILES string of the molecule is COc1ccc(S(=O)(=O)Nc2ccccc2Sc2ccccc2)cc1C(=O)N1CCC(C)CC1. The highest BCUT2D eigenvalue weighted by atomic mass is 32.2. The largest absolute Gasteiger partial charge is 0.496 e. The third-order valence-electron chi connectivity index (χ3n) is 5.88. The van der Waals surface area contributed by atoms with Crippen LogP contribution in [0.4, 0.5) is 5.69 Å². The van der Waals surface area contributed by atoms with Crippen LogP contribution in [-0.2, 0) is 10.0 Å². The standard InChI is InChI=1S/C26H28N2O4S2/c1-19-14-16-28(17-15-19)26(29)22-18-21(12-13-24(22)32-2)34(30,31)27-23-10-6-7-11-25(23)33-20-8-4-3-5-9-20/h3-13,18-19,27H,14-17H2,1-2H3. The van der Waals surface area contributed by atoms with Crippen molar-refractivity contribution in [2.24, 2.45) is 5.92 Å². The Balaban J connectivity index is 1.61. The lowest BCUT2D eigenvalue weighted by atomic mass is 9.98. The second kappa shape index (κ2) is 10.5. The second-order valence-corrected chi connectivity index (χ2v) is 11.2. The lowest BCUT2D eigenvalue weighted by molar-refractivity contribution is 0.0693. The molecule has 8 heteroatoms. The molecular formula is C26H28N2O4S2. The molecule has 0 radical (unpaired) electrons. The highest BCUT2D eigenvalue weighted by Gasteiger charge is 2.26. The summed E-state index contributed by atoms with van der Waals surface area (Å²) in [7, 11) is -2.46. The molecule has 1 saturated heterocycles. The second-order valence-electron chi connectivity index (χ2n) is 8.35. The molecule has 34 heavy (non-hydrogen) atoms. The van der Waals surface area contributed by atoms with Gasteiger partial charge in [0, 0.05) is 22.9 Å². The van der Waals surface area contributed by atoms with Crippen LogP contribution in [-0.4, -0.2) is 39.4 Å². The molecule has 3 aromatic carbocycles. The molecule has 0 atom stereocenters. The van der Waals surface area contributed by atoms with Gasteiger partial charge in [-0.05, 0) is 61.2 Å². The van der Waals surface area contributed by atoms with Crippen molar-refractivity contribution >= 4 is 33.4 Å². The highest BCUT2D eigenvalue weighted by Crippen LogP contribution is 2.35. The van der Waals surface area contributed by atoms with Gasteiger partial charge in [-0.15, -0.1) is 0 Å². The molecule has 0 saturated carbocycles. The van der Waals surface area contributed by atoms with E-state index in [2.05, 4.69) is 11.6 Å². The van der Waals surface area contributed by atoms with Crippen molar-refractivity contribution in [3.05, 3.63) is 78.4 Å². The fourth-order valence-corrected chi connectivity index (χ4v) is 5.96. The minimum Gasteiger partial charge on any atom is -0.496 e. The van der Waals surface area contributed by atoms with Crippen molar-refractivity contribution in [3.63, 3.8) is 0 Å². The number of rotatable bonds is 7. The van der Waals surface area contributed by atoms with Crippen LogP contribution in [0.3, 0.4) is 0 Å². The van der Waals surface area contributed by atoms with Gasteiger partial charge in [0.2, 0.25) is 0 Å². The molecule has 178 valence electrons. The lowest BCUT2D eigenvalue weighted by Crippen LogP contribution is -2.38. The van der Waals surface area contributed by atoms with Gasteiger partial charge in [-0.1, -0.05) is 49.0 Å². The number of hydrogen-bond donors (Lipinski definition) is 1. The van der Waals surface area contributed by atoms with Crippen molar-refractivity contribution in [1.29, 1.82) is 0 Å². The molecule has 0 unspecified atom stereocenters. The molecule has 0 spiro atoms. The van der Waals surface area contributed by atoms with Crippen molar-refractivity contribution in [1.82, 2.24) is 4.90 Å². The van der Waals surface area contributed by atoms with Crippen LogP contribution in [0.2, 0.25) is 0 Å². The molecule has 1 heterocycles. The number of sulfonamides is 1. The molecule has 6 nitrogen and oxygen atoms in total. The van der Waals surface area contributed by atoms with Crippen LogP contribution < -0.4 is 9.46 Å². The lowest BCUT2D eigenvalue weighted by Gasteiger charge is -2.30. The zero-order chi connectivity index (χ0) is 24.1. The zero-order valence-electron chi connectivity index (χ0n) is 19.2. The van der Waals surface area contributed by atoms with Gasteiger partial charge in [-0.2, -0.15) is 0 Å². The van der Waals surface area contributed by atoms with Crippen LogP contribution in [0.5, 0.6) is 5.75 Å². The van der Waals surface area contributed by atoms with Gasteiger partial charge < -0.3 is 9.64 Å². The number of anilines is 1. The number of para-hydroxylation sites is 1. The maximum Gasteiger partial charge on any atom is 0.261 e. The average molecular weight is 497 g/mol. The number of hydrogen-bond acceptors (Lipinski definition) is 5. The Hall–Kier alpha value is -2.97. The van der Waals surface area contributed by atoms with Crippen molar-refractivity contribution in [2.45, 2.75) is 34.5 Å². The maximum atomic E-state index is 13.3. The van der Waals surface area contributed by atoms with Crippen LogP contribution in [0.15, 0.2) is 87.5 Å². The highest BCUT2D eigenvalue weighted by molar-refractivity contribution is 7.99. The maximum absolute atomic E-state index is 13.3. The molecule has 1 fully saturated rings. The number of nitrogens with one attached hydrogen (secondary N) is 1. The van der Waals surface area contributed by atoms with E-state index in [4.69, 9.17) is 4.74 Å². The number of benzene rings is 3. The molecule has 0 aromatic heterocycles. The summed E-state index contributed by atoms with van der Waals surface area (Å²) in [6.45, 7) is 3.49. The first-order valence-corrected chi connectivity index (χ1v) is 13.5. The first kappa shape index (κ1) is 24.2. The van der Waals surface area contributed by atoms with E-state index in [9.17, 15) is 13.2 Å². The summed E-state index contributed by atoms with van der Waals surface area (Å²) in [4.78, 5) is 16.8. The Kier molecular flexibility index (Phi) is 7.48. The smallest absolute Gasteiger partial charge is 0.261 e. The van der Waals surface area contributed by atoms with E-state index >= 15 is 0 Å². The van der Waals surface area contributed by atoms with Gasteiger partial charge in [0.15, 0.2) is 0 Å². The molecule has 1 amide bonds. The third kappa shape index (κ3) is 5.56. The zero-order valence-corrected chi connectivity index (χ0v) is 20.9. The summed E-state index contributed by atoms with van der Waals surface area (Å²) in [5.41, 5.74) is 0.733. The first-order valence-electron chi connectivity index (χ1n) is 11.2. The fraction of sp³-hybridized carbons (Fsp3) is 0.269. The van der Waals surface area contributed by atoms with Crippen molar-refractivity contribution < 1.29 is 17.9 Å². The normalized spacial score (nSPS) is 14.6. The summed E-state index contributed by atoms with van der Waals surface area (Å²) in [5.74, 6) is 0.735. The topological polar surface area (TPSA) is 75.7 Å². The number of piperidine rings is 1.